The summed E-state index contributed by atoms with van der Waals surface area (Å²) in [5, 5.41) is 1.28. The number of halogens is 2. The van der Waals surface area contributed by atoms with Gasteiger partial charge in [-0.1, -0.05) is 41.9 Å². The number of fused-ring (bicyclic) bond motifs is 1. The number of amides is 1. The normalized spacial score (nSPS) is 26.8. The number of carbonyl (C=O) groups is 1. The second kappa shape index (κ2) is 6.86. The predicted molar refractivity (Wildman–Crippen MR) is 100 cm³/mol. The maximum absolute atomic E-state index is 12.0. The summed E-state index contributed by atoms with van der Waals surface area (Å²) in [6, 6.07) is 4.71. The van der Waals surface area contributed by atoms with Gasteiger partial charge in [-0.2, -0.15) is 4.99 Å². The van der Waals surface area contributed by atoms with E-state index in [0.717, 1.165) is 0 Å². The molecule has 2 heterocycles. The van der Waals surface area contributed by atoms with Crippen molar-refractivity contribution in [2.45, 2.75) is 31.1 Å². The van der Waals surface area contributed by atoms with Crippen molar-refractivity contribution >= 4 is 61.6 Å². The molecule has 0 saturated carbocycles. The number of hydrogen-bond donors (Lipinski definition) is 0. The van der Waals surface area contributed by atoms with Crippen LogP contribution in [0.4, 0.5) is 5.69 Å². The van der Waals surface area contributed by atoms with Crippen molar-refractivity contribution in [1.82, 2.24) is 0 Å². The van der Waals surface area contributed by atoms with E-state index in [-0.39, 0.29) is 28.7 Å². The zero-order chi connectivity index (χ0) is 17.5. The Hall–Kier alpha value is -0.760. The number of rotatable bonds is 3. The fraction of sp³-hybridized carbons (Fsp3) is 0.467. The molecule has 2 unspecified atom stereocenters. The highest BCUT2D eigenvalue weighted by Gasteiger charge is 2.49. The van der Waals surface area contributed by atoms with Gasteiger partial charge in [0.15, 0.2) is 15.0 Å². The Morgan fingerprint density at radius 1 is 1.38 bits per heavy atom. The molecule has 2 saturated heterocycles. The van der Waals surface area contributed by atoms with Crippen molar-refractivity contribution in [1.29, 1.82) is 0 Å². The zero-order valence-electron chi connectivity index (χ0n) is 12.9. The van der Waals surface area contributed by atoms with Gasteiger partial charge in [-0.15, -0.1) is 0 Å². The van der Waals surface area contributed by atoms with Crippen molar-refractivity contribution in [3.05, 3.63) is 28.2 Å². The van der Waals surface area contributed by atoms with Gasteiger partial charge in [-0.3, -0.25) is 4.79 Å². The van der Waals surface area contributed by atoms with Gasteiger partial charge in [0.25, 0.3) is 0 Å². The number of carbonyl (C=O) groups excluding carboxylic acids is 1. The summed E-state index contributed by atoms with van der Waals surface area (Å²) in [5.74, 6) is -0.113. The van der Waals surface area contributed by atoms with Crippen LogP contribution in [0.3, 0.4) is 0 Å². The molecule has 0 radical (unpaired) electrons. The van der Waals surface area contributed by atoms with Crippen LogP contribution >= 0.6 is 35.0 Å². The number of benzene rings is 1. The molecule has 2 aliphatic rings. The molecular formula is C15H16Cl2N2O3S2. The fourth-order valence-electron chi connectivity index (χ4n) is 2.89. The molecule has 1 amide bonds. The molecular weight excluding hydrogens is 391 g/mol. The number of anilines is 1. The highest BCUT2D eigenvalue weighted by atomic mass is 35.5. The van der Waals surface area contributed by atoms with E-state index < -0.39 is 9.84 Å². The smallest absolute Gasteiger partial charge is 0.248 e. The van der Waals surface area contributed by atoms with Crippen molar-refractivity contribution < 1.29 is 13.2 Å². The maximum Gasteiger partial charge on any atom is 0.248 e. The number of sulfone groups is 1. The molecule has 24 heavy (non-hydrogen) atoms. The van der Waals surface area contributed by atoms with Crippen molar-refractivity contribution in [3.63, 3.8) is 0 Å². The Kier molecular flexibility index (Phi) is 5.16. The number of hydrogen-bond acceptors (Lipinski definition) is 4. The first-order valence-electron chi connectivity index (χ1n) is 7.53. The minimum absolute atomic E-state index is 0.0223. The predicted octanol–water partition coefficient (Wildman–Crippen LogP) is 3.39. The fourth-order valence-corrected chi connectivity index (χ4v) is 7.19. The third-order valence-corrected chi connectivity index (χ3v) is 7.68. The Morgan fingerprint density at radius 3 is 2.83 bits per heavy atom. The minimum Gasteiger partial charge on any atom is -0.314 e. The van der Waals surface area contributed by atoms with E-state index in [9.17, 15) is 13.2 Å². The van der Waals surface area contributed by atoms with E-state index in [0.29, 0.717) is 33.7 Å². The highest BCUT2D eigenvalue weighted by Crippen LogP contribution is 2.43. The zero-order valence-corrected chi connectivity index (χ0v) is 16.1. The van der Waals surface area contributed by atoms with Crippen molar-refractivity contribution in [3.8, 4) is 0 Å². The molecule has 1 aromatic rings. The Morgan fingerprint density at radius 2 is 2.12 bits per heavy atom. The van der Waals surface area contributed by atoms with E-state index in [1.807, 2.05) is 6.92 Å². The van der Waals surface area contributed by atoms with Gasteiger partial charge in [-0.25, -0.2) is 8.42 Å². The van der Waals surface area contributed by atoms with Crippen LogP contribution in [-0.2, 0) is 14.6 Å². The third-order valence-electron chi connectivity index (χ3n) is 3.92. The van der Waals surface area contributed by atoms with Gasteiger partial charge in [0.2, 0.25) is 5.91 Å². The number of aliphatic imine (C=N–C) groups is 1. The molecule has 0 aromatic heterocycles. The van der Waals surface area contributed by atoms with Crippen LogP contribution in [-0.4, -0.2) is 42.3 Å². The monoisotopic (exact) mass is 406 g/mol. The second-order valence-corrected chi connectivity index (χ2v) is 10.0. The molecule has 3 rings (SSSR count). The lowest BCUT2D eigenvalue weighted by Gasteiger charge is -2.25. The first-order chi connectivity index (χ1) is 11.3. The Labute approximate surface area is 155 Å². The van der Waals surface area contributed by atoms with E-state index in [1.54, 1.807) is 23.1 Å². The van der Waals surface area contributed by atoms with E-state index in [4.69, 9.17) is 23.2 Å². The van der Waals surface area contributed by atoms with Crippen LogP contribution in [0.25, 0.3) is 0 Å². The summed E-state index contributed by atoms with van der Waals surface area (Å²) < 4.78 is 24.0. The highest BCUT2D eigenvalue weighted by molar-refractivity contribution is 8.16. The Balaban J connectivity index is 2.04. The first-order valence-corrected chi connectivity index (χ1v) is 11.0. The molecule has 1 aromatic carbocycles. The summed E-state index contributed by atoms with van der Waals surface area (Å²) in [5.41, 5.74) is 0.587. The molecule has 5 nitrogen and oxygen atoms in total. The van der Waals surface area contributed by atoms with Gasteiger partial charge in [0.05, 0.1) is 28.3 Å². The third kappa shape index (κ3) is 3.59. The van der Waals surface area contributed by atoms with E-state index in [1.165, 1.54) is 11.8 Å². The average molecular weight is 407 g/mol. The lowest BCUT2D eigenvalue weighted by atomic mass is 10.2. The van der Waals surface area contributed by atoms with E-state index >= 15 is 0 Å². The van der Waals surface area contributed by atoms with Gasteiger partial charge < -0.3 is 4.90 Å². The Bertz CT molecular complexity index is 811. The standard InChI is InChI=1S/C15H16Cl2N2O3S2/c1-2-3-14(20)18-15-19(11-6-9(16)4-5-10(11)17)12-7-24(21,22)8-13(12)23-15/h4-6,12-13H,2-3,7-8H2,1H3. The SMILES string of the molecule is CCCC(=O)N=C1SC2CS(=O)(=O)CC2N1c1cc(Cl)ccc1Cl. The molecule has 130 valence electrons. The van der Waals surface area contributed by atoms with Gasteiger partial charge >= 0.3 is 0 Å². The van der Waals surface area contributed by atoms with Crippen LogP contribution in [0.5, 0.6) is 0 Å². The van der Waals surface area contributed by atoms with Crippen molar-refractivity contribution in [2.75, 3.05) is 16.4 Å². The summed E-state index contributed by atoms with van der Waals surface area (Å²) in [7, 11) is -3.11. The quantitative estimate of drug-likeness (QED) is 0.769. The van der Waals surface area contributed by atoms with Crippen LogP contribution in [0.15, 0.2) is 23.2 Å². The molecule has 2 atom stereocenters. The van der Waals surface area contributed by atoms with Crippen LogP contribution in [0.1, 0.15) is 19.8 Å². The topological polar surface area (TPSA) is 66.8 Å². The summed E-state index contributed by atoms with van der Waals surface area (Å²) in [6.07, 6.45) is 1.06. The molecule has 0 aliphatic carbocycles. The number of thioether (sulfide) groups is 1. The summed E-state index contributed by atoms with van der Waals surface area (Å²) in [4.78, 5) is 17.9. The molecule has 0 spiro atoms. The molecule has 9 heteroatoms. The number of amidine groups is 1. The molecule has 0 N–H and O–H groups in total. The molecule has 0 bridgehead atoms. The minimum atomic E-state index is -3.11. The van der Waals surface area contributed by atoms with Crippen LogP contribution < -0.4 is 4.90 Å². The molecule has 2 fully saturated rings. The van der Waals surface area contributed by atoms with Crippen LogP contribution in [0.2, 0.25) is 10.0 Å². The lowest BCUT2D eigenvalue weighted by molar-refractivity contribution is -0.117. The van der Waals surface area contributed by atoms with Crippen LogP contribution in [0, 0.1) is 0 Å². The van der Waals surface area contributed by atoms with E-state index in [2.05, 4.69) is 4.99 Å². The van der Waals surface area contributed by atoms with Gasteiger partial charge in [0, 0.05) is 16.7 Å². The lowest BCUT2D eigenvalue weighted by Crippen LogP contribution is -2.38. The molecule has 2 aliphatic heterocycles. The summed E-state index contributed by atoms with van der Waals surface area (Å²) in [6.45, 7) is 1.91. The largest absolute Gasteiger partial charge is 0.314 e. The van der Waals surface area contributed by atoms with Gasteiger partial charge in [-0.05, 0) is 24.6 Å². The average Bonchev–Trinajstić information content (AvgIpc) is 2.93. The number of nitrogens with zero attached hydrogens (tertiary/aromatic N) is 2. The van der Waals surface area contributed by atoms with Crippen molar-refractivity contribution in [2.24, 2.45) is 4.99 Å². The maximum atomic E-state index is 12.0. The summed E-state index contributed by atoms with van der Waals surface area (Å²) >= 11 is 13.7. The second-order valence-electron chi connectivity index (χ2n) is 5.80. The van der Waals surface area contributed by atoms with Gasteiger partial charge in [0.1, 0.15) is 0 Å². The first kappa shape index (κ1) is 18.0.